The number of imide groups is 1. The van der Waals surface area contributed by atoms with E-state index in [1.54, 1.807) is 31.4 Å². The van der Waals surface area contributed by atoms with Crippen LogP contribution in [0.2, 0.25) is 0 Å². The zero-order valence-electron chi connectivity index (χ0n) is 16.1. The van der Waals surface area contributed by atoms with Gasteiger partial charge in [-0.05, 0) is 36.8 Å². The predicted octanol–water partition coefficient (Wildman–Crippen LogP) is 5.08. The van der Waals surface area contributed by atoms with Crippen molar-refractivity contribution in [1.29, 1.82) is 0 Å². The average molecular weight is 401 g/mol. The quantitative estimate of drug-likeness (QED) is 0.560. The fourth-order valence-electron chi connectivity index (χ4n) is 3.17. The molecule has 4 nitrogen and oxygen atoms in total. The summed E-state index contributed by atoms with van der Waals surface area (Å²) in [6.07, 6.45) is 0. The van der Waals surface area contributed by atoms with E-state index in [9.17, 15) is 9.59 Å². The van der Waals surface area contributed by atoms with Gasteiger partial charge in [-0.25, -0.2) is 4.90 Å². The molecule has 0 unspecified atom stereocenters. The lowest BCUT2D eigenvalue weighted by Crippen LogP contribution is -2.31. The third-order valence-corrected chi connectivity index (χ3v) is 5.75. The zero-order valence-corrected chi connectivity index (χ0v) is 16.9. The number of amides is 2. The molecule has 1 aliphatic heterocycles. The number of methoxy groups -OCH3 is 1. The number of benzene rings is 3. The fraction of sp³-hybridized carbons (Fsp3) is 0.0833. The van der Waals surface area contributed by atoms with E-state index in [2.05, 4.69) is 0 Å². The van der Waals surface area contributed by atoms with Gasteiger partial charge in [-0.15, -0.1) is 0 Å². The number of carbonyl (C=O) groups is 2. The van der Waals surface area contributed by atoms with E-state index in [1.807, 2.05) is 61.5 Å². The van der Waals surface area contributed by atoms with E-state index in [-0.39, 0.29) is 11.8 Å². The Morgan fingerprint density at radius 3 is 2.24 bits per heavy atom. The summed E-state index contributed by atoms with van der Waals surface area (Å²) in [5.41, 5.74) is 2.74. The van der Waals surface area contributed by atoms with Crippen molar-refractivity contribution in [2.45, 2.75) is 11.8 Å². The monoisotopic (exact) mass is 401 g/mol. The summed E-state index contributed by atoms with van der Waals surface area (Å²) in [4.78, 5) is 29.3. The molecular formula is C24H19NO3S. The van der Waals surface area contributed by atoms with Crippen LogP contribution in [0.3, 0.4) is 0 Å². The number of anilines is 1. The Labute approximate surface area is 173 Å². The summed E-state index contributed by atoms with van der Waals surface area (Å²) in [5.74, 6) is -0.0673. The molecule has 0 fully saturated rings. The van der Waals surface area contributed by atoms with Crippen molar-refractivity contribution in [3.8, 4) is 5.75 Å². The minimum Gasteiger partial charge on any atom is -0.497 e. The van der Waals surface area contributed by atoms with E-state index in [0.29, 0.717) is 21.9 Å². The van der Waals surface area contributed by atoms with Crippen molar-refractivity contribution >= 4 is 34.8 Å². The molecule has 0 spiro atoms. The van der Waals surface area contributed by atoms with Crippen LogP contribution in [0.1, 0.15) is 11.1 Å². The van der Waals surface area contributed by atoms with Gasteiger partial charge in [-0.2, -0.15) is 0 Å². The minimum atomic E-state index is -0.328. The maximum atomic E-state index is 13.4. The highest BCUT2D eigenvalue weighted by Crippen LogP contribution is 2.41. The molecule has 0 atom stereocenters. The second-order valence-corrected chi connectivity index (χ2v) is 7.72. The molecule has 3 aromatic carbocycles. The van der Waals surface area contributed by atoms with Gasteiger partial charge in [0.25, 0.3) is 11.8 Å². The van der Waals surface area contributed by atoms with Gasteiger partial charge in [0.1, 0.15) is 5.75 Å². The first-order valence-corrected chi connectivity index (χ1v) is 9.97. The van der Waals surface area contributed by atoms with Crippen molar-refractivity contribution < 1.29 is 14.3 Å². The van der Waals surface area contributed by atoms with E-state index < -0.39 is 0 Å². The Morgan fingerprint density at radius 2 is 1.55 bits per heavy atom. The van der Waals surface area contributed by atoms with Crippen molar-refractivity contribution in [3.05, 3.63) is 94.9 Å². The lowest BCUT2D eigenvalue weighted by atomic mass is 10.0. The van der Waals surface area contributed by atoms with E-state index >= 15 is 0 Å². The Morgan fingerprint density at radius 1 is 0.828 bits per heavy atom. The highest BCUT2D eigenvalue weighted by atomic mass is 32.2. The molecule has 0 N–H and O–H groups in total. The number of thioether (sulfide) groups is 1. The molecule has 29 heavy (non-hydrogen) atoms. The Kier molecular flexibility index (Phi) is 5.23. The SMILES string of the molecule is COc1cccc(N2C(=O)C(Sc3ccccc3)=C(c3ccc(C)cc3)C2=O)c1. The number of carbonyl (C=O) groups excluding carboxylic acids is 2. The first-order valence-electron chi connectivity index (χ1n) is 9.15. The highest BCUT2D eigenvalue weighted by molar-refractivity contribution is 8.04. The molecule has 1 aliphatic rings. The van der Waals surface area contributed by atoms with E-state index in [4.69, 9.17) is 4.74 Å². The second kappa shape index (κ2) is 7.97. The summed E-state index contributed by atoms with van der Waals surface area (Å²) in [6, 6.07) is 24.2. The molecule has 0 aromatic heterocycles. The zero-order chi connectivity index (χ0) is 20.4. The maximum absolute atomic E-state index is 13.4. The number of rotatable bonds is 5. The smallest absolute Gasteiger partial charge is 0.272 e. The lowest BCUT2D eigenvalue weighted by Gasteiger charge is -2.16. The van der Waals surface area contributed by atoms with Crippen LogP contribution in [-0.2, 0) is 9.59 Å². The highest BCUT2D eigenvalue weighted by Gasteiger charge is 2.40. The Hall–Kier alpha value is -3.31. The molecule has 0 radical (unpaired) electrons. The number of hydrogen-bond donors (Lipinski definition) is 0. The molecule has 1 heterocycles. The van der Waals surface area contributed by atoms with Crippen LogP contribution in [0, 0.1) is 6.92 Å². The summed E-state index contributed by atoms with van der Waals surface area (Å²) < 4.78 is 5.26. The lowest BCUT2D eigenvalue weighted by molar-refractivity contribution is -0.119. The molecule has 2 amide bonds. The third kappa shape index (κ3) is 3.69. The maximum Gasteiger partial charge on any atom is 0.272 e. The van der Waals surface area contributed by atoms with Crippen LogP contribution in [0.4, 0.5) is 5.69 Å². The molecule has 0 bridgehead atoms. The van der Waals surface area contributed by atoms with Crippen LogP contribution >= 0.6 is 11.8 Å². The summed E-state index contributed by atoms with van der Waals surface area (Å²) in [6.45, 7) is 1.99. The number of aryl methyl sites for hydroxylation is 1. The molecule has 0 saturated carbocycles. The van der Waals surface area contributed by atoms with Gasteiger partial charge in [-0.3, -0.25) is 9.59 Å². The summed E-state index contributed by atoms with van der Waals surface area (Å²) in [5, 5.41) is 0. The average Bonchev–Trinajstić information content (AvgIpc) is 2.99. The van der Waals surface area contributed by atoms with Crippen molar-refractivity contribution in [2.24, 2.45) is 0 Å². The molecule has 3 aromatic rings. The fourth-order valence-corrected chi connectivity index (χ4v) is 4.18. The summed E-state index contributed by atoms with van der Waals surface area (Å²) >= 11 is 1.31. The van der Waals surface area contributed by atoms with Crippen LogP contribution in [0.25, 0.3) is 5.57 Å². The minimum absolute atomic E-state index is 0.326. The molecule has 4 rings (SSSR count). The van der Waals surface area contributed by atoms with Gasteiger partial charge in [0, 0.05) is 11.0 Å². The van der Waals surface area contributed by atoms with Gasteiger partial charge >= 0.3 is 0 Å². The van der Waals surface area contributed by atoms with Crippen LogP contribution in [-0.4, -0.2) is 18.9 Å². The molecule has 0 aliphatic carbocycles. The molecular weight excluding hydrogens is 382 g/mol. The molecule has 144 valence electrons. The van der Waals surface area contributed by atoms with Gasteiger partial charge in [0.2, 0.25) is 0 Å². The van der Waals surface area contributed by atoms with Gasteiger partial charge in [0.15, 0.2) is 0 Å². The van der Waals surface area contributed by atoms with E-state index in [0.717, 1.165) is 16.0 Å². The van der Waals surface area contributed by atoms with Crippen molar-refractivity contribution in [3.63, 3.8) is 0 Å². The van der Waals surface area contributed by atoms with Gasteiger partial charge in [-0.1, -0.05) is 65.9 Å². The number of nitrogens with zero attached hydrogens (tertiary/aromatic N) is 1. The van der Waals surface area contributed by atoms with Crippen LogP contribution < -0.4 is 9.64 Å². The number of ether oxygens (including phenoxy) is 1. The third-order valence-electron chi connectivity index (χ3n) is 4.66. The summed E-state index contributed by atoms with van der Waals surface area (Å²) in [7, 11) is 1.55. The first kappa shape index (κ1) is 19.0. The van der Waals surface area contributed by atoms with Crippen LogP contribution in [0.5, 0.6) is 5.75 Å². The Balaban J connectivity index is 1.82. The first-order chi connectivity index (χ1) is 14.1. The largest absolute Gasteiger partial charge is 0.497 e. The van der Waals surface area contributed by atoms with E-state index in [1.165, 1.54) is 16.7 Å². The molecule has 0 saturated heterocycles. The second-order valence-electron chi connectivity index (χ2n) is 6.63. The van der Waals surface area contributed by atoms with Gasteiger partial charge < -0.3 is 4.74 Å². The van der Waals surface area contributed by atoms with Crippen molar-refractivity contribution in [1.82, 2.24) is 0 Å². The molecule has 5 heteroatoms. The van der Waals surface area contributed by atoms with Crippen LogP contribution in [0.15, 0.2) is 88.7 Å². The Bertz CT molecular complexity index is 1100. The van der Waals surface area contributed by atoms with Crippen molar-refractivity contribution in [2.75, 3.05) is 12.0 Å². The standard InChI is InChI=1S/C24H19NO3S/c1-16-11-13-17(14-12-16)21-22(29-20-9-4-3-5-10-20)24(27)25(23(21)26)18-7-6-8-19(15-18)28-2/h3-15H,1-2H3. The topological polar surface area (TPSA) is 46.6 Å². The number of hydrogen-bond acceptors (Lipinski definition) is 4. The normalized spacial score (nSPS) is 13.9. The van der Waals surface area contributed by atoms with Gasteiger partial charge in [0.05, 0.1) is 23.3 Å². The predicted molar refractivity (Wildman–Crippen MR) is 116 cm³/mol.